The minimum absolute atomic E-state index is 0.156. The van der Waals surface area contributed by atoms with E-state index in [-0.39, 0.29) is 11.8 Å². The Morgan fingerprint density at radius 2 is 1.68 bits per heavy atom. The SMILES string of the molecule is CC1(C)CC(c2ccccc2N2CCN(CC3CC3)C(CS(=O)(=O)O)C2)CC(C)(C)C1. The van der Waals surface area contributed by atoms with Gasteiger partial charge in [0.05, 0.1) is 5.75 Å². The van der Waals surface area contributed by atoms with Crippen molar-refractivity contribution in [2.45, 2.75) is 71.8 Å². The molecule has 1 aliphatic heterocycles. The molecule has 3 fully saturated rings. The predicted octanol–water partition coefficient (Wildman–Crippen LogP) is 4.79. The summed E-state index contributed by atoms with van der Waals surface area (Å²) in [6.45, 7) is 12.9. The number of hydrogen-bond donors (Lipinski definition) is 1. The molecule has 6 heteroatoms. The zero-order chi connectivity index (χ0) is 22.4. The van der Waals surface area contributed by atoms with Gasteiger partial charge in [0.2, 0.25) is 0 Å². The first-order chi connectivity index (χ1) is 14.4. The predicted molar refractivity (Wildman–Crippen MR) is 127 cm³/mol. The first-order valence-corrected chi connectivity index (χ1v) is 13.5. The Kier molecular flexibility index (Phi) is 6.21. The maximum atomic E-state index is 11.8. The van der Waals surface area contributed by atoms with E-state index in [0.29, 0.717) is 29.2 Å². The summed E-state index contributed by atoms with van der Waals surface area (Å²) < 4.78 is 33.1. The van der Waals surface area contributed by atoms with Crippen LogP contribution in [0.4, 0.5) is 5.69 Å². The Labute approximate surface area is 188 Å². The first kappa shape index (κ1) is 23.1. The van der Waals surface area contributed by atoms with Crippen LogP contribution in [0.2, 0.25) is 0 Å². The molecule has 2 aliphatic carbocycles. The van der Waals surface area contributed by atoms with Crippen LogP contribution in [-0.4, -0.2) is 55.8 Å². The molecule has 31 heavy (non-hydrogen) atoms. The monoisotopic (exact) mass is 448 g/mol. The molecule has 0 aromatic heterocycles. The molecule has 1 aromatic rings. The summed E-state index contributed by atoms with van der Waals surface area (Å²) in [5, 5.41) is 0. The Balaban J connectivity index is 1.58. The molecule has 2 saturated carbocycles. The summed E-state index contributed by atoms with van der Waals surface area (Å²) in [7, 11) is -4.01. The Morgan fingerprint density at radius 1 is 1.03 bits per heavy atom. The minimum atomic E-state index is -4.01. The Hall–Kier alpha value is -1.11. The van der Waals surface area contributed by atoms with Gasteiger partial charge in [0.1, 0.15) is 0 Å². The lowest BCUT2D eigenvalue weighted by atomic mass is 9.60. The number of piperazine rings is 1. The summed E-state index contributed by atoms with van der Waals surface area (Å²) in [4.78, 5) is 4.68. The lowest BCUT2D eigenvalue weighted by Gasteiger charge is -2.47. The van der Waals surface area contributed by atoms with E-state index >= 15 is 0 Å². The quantitative estimate of drug-likeness (QED) is 0.634. The summed E-state index contributed by atoms with van der Waals surface area (Å²) >= 11 is 0. The molecule has 1 aromatic carbocycles. The molecule has 3 aliphatic rings. The second-order valence-electron chi connectivity index (χ2n) is 12.0. The zero-order valence-corrected chi connectivity index (χ0v) is 20.5. The van der Waals surface area contributed by atoms with Gasteiger partial charge in [0.15, 0.2) is 0 Å². The van der Waals surface area contributed by atoms with Crippen LogP contribution >= 0.6 is 0 Å². The van der Waals surface area contributed by atoms with Crippen LogP contribution in [0, 0.1) is 16.7 Å². The van der Waals surface area contributed by atoms with Gasteiger partial charge in [0.25, 0.3) is 10.1 Å². The van der Waals surface area contributed by atoms with Crippen LogP contribution < -0.4 is 4.90 Å². The smallest absolute Gasteiger partial charge is 0.266 e. The molecule has 1 heterocycles. The van der Waals surface area contributed by atoms with Crippen molar-refractivity contribution >= 4 is 15.8 Å². The molecular weight excluding hydrogens is 408 g/mol. The molecule has 1 atom stereocenters. The van der Waals surface area contributed by atoms with Crippen molar-refractivity contribution < 1.29 is 13.0 Å². The third-order valence-corrected chi connectivity index (χ3v) is 8.28. The van der Waals surface area contributed by atoms with Gasteiger partial charge < -0.3 is 4.90 Å². The van der Waals surface area contributed by atoms with E-state index in [4.69, 9.17) is 0 Å². The van der Waals surface area contributed by atoms with Crippen molar-refractivity contribution in [3.05, 3.63) is 29.8 Å². The second kappa shape index (κ2) is 8.35. The van der Waals surface area contributed by atoms with Gasteiger partial charge in [-0.05, 0) is 66.4 Å². The van der Waals surface area contributed by atoms with Gasteiger partial charge >= 0.3 is 0 Å². The summed E-state index contributed by atoms with van der Waals surface area (Å²) in [6, 6.07) is 8.59. The third kappa shape index (κ3) is 6.02. The van der Waals surface area contributed by atoms with E-state index in [9.17, 15) is 13.0 Å². The summed E-state index contributed by atoms with van der Waals surface area (Å²) in [6.07, 6.45) is 6.10. The standard InChI is InChI=1S/C25H40N2O3S/c1-24(2)13-20(14-25(3,4)18-24)22-7-5-6-8-23(22)27-12-11-26(15-19-9-10-19)21(16-27)17-31(28,29)30/h5-8,19-21H,9-18H2,1-4H3,(H,28,29,30). The van der Waals surface area contributed by atoms with Crippen molar-refractivity contribution in [2.24, 2.45) is 16.7 Å². The molecule has 5 nitrogen and oxygen atoms in total. The van der Waals surface area contributed by atoms with Crippen molar-refractivity contribution in [2.75, 3.05) is 36.8 Å². The molecular formula is C25H40N2O3S. The highest BCUT2D eigenvalue weighted by Gasteiger charge is 2.40. The normalized spacial score (nSPS) is 27.4. The maximum absolute atomic E-state index is 11.8. The van der Waals surface area contributed by atoms with Crippen molar-refractivity contribution in [1.82, 2.24) is 4.90 Å². The molecule has 0 spiro atoms. The number of nitrogens with zero attached hydrogens (tertiary/aromatic N) is 2. The van der Waals surface area contributed by atoms with Crippen LogP contribution in [0.1, 0.15) is 71.3 Å². The summed E-state index contributed by atoms with van der Waals surface area (Å²) in [5.41, 5.74) is 3.29. The maximum Gasteiger partial charge on any atom is 0.266 e. The lowest BCUT2D eigenvalue weighted by Crippen LogP contribution is -2.56. The molecule has 4 rings (SSSR count). The largest absolute Gasteiger partial charge is 0.368 e. The van der Waals surface area contributed by atoms with Crippen LogP contribution in [0.5, 0.6) is 0 Å². The van der Waals surface area contributed by atoms with Gasteiger partial charge in [-0.1, -0.05) is 45.9 Å². The number of anilines is 1. The molecule has 0 bridgehead atoms. The highest BCUT2D eigenvalue weighted by atomic mass is 32.2. The van der Waals surface area contributed by atoms with Crippen molar-refractivity contribution in [3.8, 4) is 0 Å². The summed E-state index contributed by atoms with van der Waals surface area (Å²) in [5.74, 6) is 1.04. The van der Waals surface area contributed by atoms with E-state index in [1.54, 1.807) is 0 Å². The van der Waals surface area contributed by atoms with Crippen molar-refractivity contribution in [3.63, 3.8) is 0 Å². The van der Waals surface area contributed by atoms with E-state index < -0.39 is 10.1 Å². The Morgan fingerprint density at radius 3 is 2.29 bits per heavy atom. The van der Waals surface area contributed by atoms with Gasteiger partial charge in [0, 0.05) is 37.9 Å². The van der Waals surface area contributed by atoms with Crippen molar-refractivity contribution in [1.29, 1.82) is 0 Å². The second-order valence-corrected chi connectivity index (χ2v) is 13.5. The van der Waals surface area contributed by atoms with Crippen LogP contribution in [-0.2, 0) is 10.1 Å². The topological polar surface area (TPSA) is 60.9 Å². The molecule has 174 valence electrons. The van der Waals surface area contributed by atoms with Crippen LogP contribution in [0.15, 0.2) is 24.3 Å². The van der Waals surface area contributed by atoms with E-state index in [2.05, 4.69) is 61.8 Å². The van der Waals surface area contributed by atoms with Gasteiger partial charge in [-0.3, -0.25) is 9.45 Å². The van der Waals surface area contributed by atoms with E-state index in [0.717, 1.165) is 19.6 Å². The number of rotatable bonds is 6. The first-order valence-electron chi connectivity index (χ1n) is 11.9. The third-order valence-electron chi connectivity index (χ3n) is 7.47. The van der Waals surface area contributed by atoms with E-state index in [1.165, 1.54) is 43.4 Å². The zero-order valence-electron chi connectivity index (χ0n) is 19.7. The van der Waals surface area contributed by atoms with Gasteiger partial charge in [-0.2, -0.15) is 8.42 Å². The lowest BCUT2D eigenvalue weighted by molar-refractivity contribution is 0.0969. The van der Waals surface area contributed by atoms with E-state index in [1.807, 2.05) is 0 Å². The molecule has 0 amide bonds. The highest BCUT2D eigenvalue weighted by molar-refractivity contribution is 7.85. The molecule has 1 saturated heterocycles. The molecule has 0 radical (unpaired) electrons. The van der Waals surface area contributed by atoms with Crippen LogP contribution in [0.3, 0.4) is 0 Å². The highest BCUT2D eigenvalue weighted by Crippen LogP contribution is 2.53. The van der Waals surface area contributed by atoms with Gasteiger partial charge in [-0.15, -0.1) is 0 Å². The molecule has 1 N–H and O–H groups in total. The number of para-hydroxylation sites is 1. The minimum Gasteiger partial charge on any atom is -0.368 e. The fraction of sp³-hybridized carbons (Fsp3) is 0.760. The number of benzene rings is 1. The molecule has 1 unspecified atom stereocenters. The average molecular weight is 449 g/mol. The van der Waals surface area contributed by atoms with Crippen LogP contribution in [0.25, 0.3) is 0 Å². The van der Waals surface area contributed by atoms with Gasteiger partial charge in [-0.25, -0.2) is 0 Å². The fourth-order valence-corrected chi connectivity index (χ4v) is 7.37. The Bertz CT molecular complexity index is 876. The fourth-order valence-electron chi connectivity index (χ4n) is 6.57. The average Bonchev–Trinajstić information content (AvgIpc) is 3.43. The number of hydrogen-bond acceptors (Lipinski definition) is 4.